The molecule has 138 valence electrons. The number of carbonyl (C=O) groups is 1. The van der Waals surface area contributed by atoms with Crippen molar-refractivity contribution in [3.05, 3.63) is 47.8 Å². The molecule has 3 rings (SSSR count). The molecule has 1 aromatic carbocycles. The Hall–Kier alpha value is -2.60. The number of carbonyl (C=O) groups excluding carboxylic acids is 1. The number of aryl methyl sites for hydroxylation is 1. The molecular formula is C20H25N3O3. The number of anilines is 2. The Bertz CT molecular complexity index is 761. The van der Waals surface area contributed by atoms with Crippen LogP contribution in [0.4, 0.5) is 11.4 Å². The quantitative estimate of drug-likeness (QED) is 0.863. The Kier molecular flexibility index (Phi) is 5.73. The van der Waals surface area contributed by atoms with Crippen molar-refractivity contribution in [1.29, 1.82) is 0 Å². The van der Waals surface area contributed by atoms with Crippen molar-refractivity contribution in [2.75, 3.05) is 39.2 Å². The molecular weight excluding hydrogens is 330 g/mol. The van der Waals surface area contributed by atoms with Crippen molar-refractivity contribution in [3.8, 4) is 5.75 Å². The first-order valence-corrected chi connectivity index (χ1v) is 8.75. The van der Waals surface area contributed by atoms with Crippen LogP contribution in [0.3, 0.4) is 0 Å². The molecule has 0 radical (unpaired) electrons. The third-order valence-corrected chi connectivity index (χ3v) is 4.58. The molecule has 1 fully saturated rings. The van der Waals surface area contributed by atoms with Gasteiger partial charge in [0.2, 0.25) is 5.91 Å². The molecule has 0 aliphatic carbocycles. The van der Waals surface area contributed by atoms with Crippen molar-refractivity contribution in [2.24, 2.45) is 0 Å². The van der Waals surface area contributed by atoms with Gasteiger partial charge in [-0.15, -0.1) is 0 Å². The lowest BCUT2D eigenvalue weighted by Gasteiger charge is -2.17. The second-order valence-corrected chi connectivity index (χ2v) is 6.53. The molecule has 6 heteroatoms. The molecule has 0 spiro atoms. The number of hydrogen-bond donors (Lipinski definition) is 1. The summed E-state index contributed by atoms with van der Waals surface area (Å²) in [6.07, 6.45) is 0.924. The van der Waals surface area contributed by atoms with Gasteiger partial charge in [0.1, 0.15) is 12.4 Å². The lowest BCUT2D eigenvalue weighted by Crippen LogP contribution is -2.31. The molecule has 1 aliphatic heterocycles. The summed E-state index contributed by atoms with van der Waals surface area (Å²) in [5.74, 6) is 1.13. The van der Waals surface area contributed by atoms with Gasteiger partial charge in [0.05, 0.1) is 7.11 Å². The van der Waals surface area contributed by atoms with Gasteiger partial charge in [-0.3, -0.25) is 9.78 Å². The van der Waals surface area contributed by atoms with Crippen LogP contribution >= 0.6 is 0 Å². The average molecular weight is 355 g/mol. The van der Waals surface area contributed by atoms with E-state index >= 15 is 0 Å². The van der Waals surface area contributed by atoms with E-state index in [0.717, 1.165) is 41.5 Å². The monoisotopic (exact) mass is 355 g/mol. The lowest BCUT2D eigenvalue weighted by atomic mass is 10.0. The number of nitrogens with one attached hydrogen (secondary N) is 1. The van der Waals surface area contributed by atoms with Crippen LogP contribution in [0.1, 0.15) is 23.7 Å². The minimum Gasteiger partial charge on any atom is -0.497 e. The highest BCUT2D eigenvalue weighted by atomic mass is 16.5. The van der Waals surface area contributed by atoms with Crippen molar-refractivity contribution < 1.29 is 14.3 Å². The Balaban J connectivity index is 1.72. The fourth-order valence-electron chi connectivity index (χ4n) is 3.26. The van der Waals surface area contributed by atoms with E-state index in [2.05, 4.69) is 11.4 Å². The minimum absolute atomic E-state index is 0.0410. The standard InChI is InChI=1S/C20H25N3O3/c1-14-10-17(22-16-4-6-18(26-3)7-5-16)11-19(21-14)15-8-9-23(12-15)20(24)13-25-2/h4-7,10-11,15H,8-9,12-13H2,1-3H3,(H,21,22)/t15-/m1/s1. The predicted octanol–water partition coefficient (Wildman–Crippen LogP) is 3.10. The molecule has 26 heavy (non-hydrogen) atoms. The van der Waals surface area contributed by atoms with Gasteiger partial charge in [0.15, 0.2) is 0 Å². The van der Waals surface area contributed by atoms with Crippen LogP contribution in [0.5, 0.6) is 5.75 Å². The first-order valence-electron chi connectivity index (χ1n) is 8.75. The van der Waals surface area contributed by atoms with E-state index < -0.39 is 0 Å². The Morgan fingerprint density at radius 2 is 2.00 bits per heavy atom. The maximum absolute atomic E-state index is 12.0. The van der Waals surface area contributed by atoms with Gasteiger partial charge in [0.25, 0.3) is 0 Å². The first kappa shape index (κ1) is 18.2. The number of likely N-dealkylation sites (tertiary alicyclic amines) is 1. The minimum atomic E-state index is 0.0410. The highest BCUT2D eigenvalue weighted by Crippen LogP contribution is 2.29. The Morgan fingerprint density at radius 1 is 1.23 bits per heavy atom. The van der Waals surface area contributed by atoms with Gasteiger partial charge in [-0.2, -0.15) is 0 Å². The number of benzene rings is 1. The van der Waals surface area contributed by atoms with Crippen LogP contribution in [-0.4, -0.2) is 49.7 Å². The van der Waals surface area contributed by atoms with Gasteiger partial charge < -0.3 is 19.7 Å². The largest absolute Gasteiger partial charge is 0.497 e. The number of amides is 1. The van der Waals surface area contributed by atoms with Gasteiger partial charge in [-0.25, -0.2) is 0 Å². The third kappa shape index (κ3) is 4.32. The normalized spacial score (nSPS) is 16.6. The van der Waals surface area contributed by atoms with E-state index in [4.69, 9.17) is 14.5 Å². The predicted molar refractivity (Wildman–Crippen MR) is 101 cm³/mol. The summed E-state index contributed by atoms with van der Waals surface area (Å²) >= 11 is 0. The molecule has 1 aromatic heterocycles. The zero-order valence-electron chi connectivity index (χ0n) is 15.5. The third-order valence-electron chi connectivity index (χ3n) is 4.58. The molecule has 1 amide bonds. The second kappa shape index (κ2) is 8.19. The van der Waals surface area contributed by atoms with Gasteiger partial charge in [-0.1, -0.05) is 0 Å². The number of ether oxygens (including phenoxy) is 2. The molecule has 0 bridgehead atoms. The lowest BCUT2D eigenvalue weighted by molar-refractivity contribution is -0.134. The molecule has 1 atom stereocenters. The number of aromatic nitrogens is 1. The molecule has 0 saturated carbocycles. The molecule has 1 N–H and O–H groups in total. The zero-order valence-corrected chi connectivity index (χ0v) is 15.5. The maximum Gasteiger partial charge on any atom is 0.248 e. The van der Waals surface area contributed by atoms with Crippen molar-refractivity contribution in [1.82, 2.24) is 9.88 Å². The van der Waals surface area contributed by atoms with Crippen LogP contribution in [0.15, 0.2) is 36.4 Å². The van der Waals surface area contributed by atoms with E-state index in [-0.39, 0.29) is 18.4 Å². The van der Waals surface area contributed by atoms with Crippen LogP contribution in [0.2, 0.25) is 0 Å². The van der Waals surface area contributed by atoms with Gasteiger partial charge >= 0.3 is 0 Å². The SMILES string of the molecule is COCC(=O)N1CC[C@@H](c2cc(Nc3ccc(OC)cc3)cc(C)n2)C1. The summed E-state index contributed by atoms with van der Waals surface area (Å²) in [6.45, 7) is 3.58. The summed E-state index contributed by atoms with van der Waals surface area (Å²) in [5.41, 5.74) is 3.97. The van der Waals surface area contributed by atoms with E-state index in [1.54, 1.807) is 14.2 Å². The summed E-state index contributed by atoms with van der Waals surface area (Å²) < 4.78 is 10.1. The molecule has 1 saturated heterocycles. The Morgan fingerprint density at radius 3 is 2.69 bits per heavy atom. The van der Waals surface area contributed by atoms with E-state index in [1.165, 1.54) is 0 Å². The molecule has 1 aliphatic rings. The van der Waals surface area contributed by atoms with Crippen LogP contribution in [0.25, 0.3) is 0 Å². The Labute approximate surface area is 154 Å². The van der Waals surface area contributed by atoms with E-state index in [0.29, 0.717) is 6.54 Å². The first-order chi connectivity index (χ1) is 12.6. The topological polar surface area (TPSA) is 63.7 Å². The highest BCUT2D eigenvalue weighted by Gasteiger charge is 2.28. The molecule has 2 aromatic rings. The number of nitrogens with zero attached hydrogens (tertiary/aromatic N) is 2. The average Bonchev–Trinajstić information content (AvgIpc) is 3.12. The van der Waals surface area contributed by atoms with Gasteiger partial charge in [-0.05, 0) is 49.7 Å². The number of rotatable bonds is 6. The molecule has 0 unspecified atom stereocenters. The smallest absolute Gasteiger partial charge is 0.248 e. The fraction of sp³-hybridized carbons (Fsp3) is 0.400. The van der Waals surface area contributed by atoms with Crippen molar-refractivity contribution in [3.63, 3.8) is 0 Å². The van der Waals surface area contributed by atoms with Crippen LogP contribution in [-0.2, 0) is 9.53 Å². The highest BCUT2D eigenvalue weighted by molar-refractivity contribution is 5.77. The summed E-state index contributed by atoms with van der Waals surface area (Å²) in [5, 5.41) is 3.42. The van der Waals surface area contributed by atoms with E-state index in [1.807, 2.05) is 42.2 Å². The van der Waals surface area contributed by atoms with Crippen molar-refractivity contribution >= 4 is 17.3 Å². The maximum atomic E-state index is 12.0. The summed E-state index contributed by atoms with van der Waals surface area (Å²) in [7, 11) is 3.20. The number of pyridine rings is 1. The zero-order chi connectivity index (χ0) is 18.5. The number of methoxy groups -OCH3 is 2. The van der Waals surface area contributed by atoms with Crippen molar-refractivity contribution in [2.45, 2.75) is 19.3 Å². The van der Waals surface area contributed by atoms with Crippen LogP contribution in [0, 0.1) is 6.92 Å². The fourth-order valence-corrected chi connectivity index (χ4v) is 3.26. The van der Waals surface area contributed by atoms with E-state index in [9.17, 15) is 4.79 Å². The summed E-state index contributed by atoms with van der Waals surface area (Å²) in [6, 6.07) is 11.9. The van der Waals surface area contributed by atoms with Crippen LogP contribution < -0.4 is 10.1 Å². The number of hydrogen-bond acceptors (Lipinski definition) is 5. The van der Waals surface area contributed by atoms with Gasteiger partial charge in [0, 0.05) is 48.9 Å². The summed E-state index contributed by atoms with van der Waals surface area (Å²) in [4.78, 5) is 18.6. The second-order valence-electron chi connectivity index (χ2n) is 6.53. The molecule has 2 heterocycles. The molecule has 6 nitrogen and oxygen atoms in total.